The van der Waals surface area contributed by atoms with E-state index >= 15 is 0 Å². The van der Waals surface area contributed by atoms with E-state index in [1.54, 1.807) is 0 Å². The number of esters is 3. The van der Waals surface area contributed by atoms with Gasteiger partial charge in [-0.1, -0.05) is 330 Å². The minimum absolute atomic E-state index is 0.0620. The lowest BCUT2D eigenvalue weighted by atomic mass is 9.99. The second kappa shape index (κ2) is 57.7. The summed E-state index contributed by atoms with van der Waals surface area (Å²) in [6.45, 7) is 11.5. The number of carbonyl (C=O) groups excluding carboxylic acids is 3. The molecule has 422 valence electrons. The molecule has 0 saturated heterocycles. The maximum Gasteiger partial charge on any atom is 0.306 e. The molecule has 1 unspecified atom stereocenters. The van der Waals surface area contributed by atoms with Crippen molar-refractivity contribution in [1.82, 2.24) is 0 Å². The predicted molar refractivity (Wildman–Crippen MR) is 307 cm³/mol. The molecule has 0 radical (unpaired) electrons. The van der Waals surface area contributed by atoms with Crippen LogP contribution in [0.15, 0.2) is 0 Å². The van der Waals surface area contributed by atoms with Crippen LogP contribution >= 0.6 is 0 Å². The van der Waals surface area contributed by atoms with E-state index in [1.807, 2.05) is 0 Å². The summed E-state index contributed by atoms with van der Waals surface area (Å²) in [4.78, 5) is 38.3. The quantitative estimate of drug-likeness (QED) is 0.0343. The first-order valence-electron chi connectivity index (χ1n) is 32.3. The second-order valence-electron chi connectivity index (χ2n) is 23.1. The smallest absolute Gasteiger partial charge is 0.306 e. The van der Waals surface area contributed by atoms with Crippen LogP contribution in [0, 0.1) is 11.8 Å². The van der Waals surface area contributed by atoms with Crippen molar-refractivity contribution in [3.05, 3.63) is 0 Å². The van der Waals surface area contributed by atoms with Crippen LogP contribution in [-0.2, 0) is 28.6 Å². The summed E-state index contributed by atoms with van der Waals surface area (Å²) in [5.74, 6) is 0.897. The zero-order chi connectivity index (χ0) is 51.8. The molecule has 0 heterocycles. The van der Waals surface area contributed by atoms with Crippen LogP contribution in [0.5, 0.6) is 0 Å². The lowest BCUT2D eigenvalue weighted by Crippen LogP contribution is -2.30. The van der Waals surface area contributed by atoms with Crippen molar-refractivity contribution in [1.29, 1.82) is 0 Å². The van der Waals surface area contributed by atoms with E-state index in [0.29, 0.717) is 19.3 Å². The number of ether oxygens (including phenoxy) is 3. The summed E-state index contributed by atoms with van der Waals surface area (Å²) >= 11 is 0. The van der Waals surface area contributed by atoms with Gasteiger partial charge in [-0.3, -0.25) is 14.4 Å². The Kier molecular flexibility index (Phi) is 56.4. The third-order valence-electron chi connectivity index (χ3n) is 15.3. The van der Waals surface area contributed by atoms with Gasteiger partial charge < -0.3 is 14.2 Å². The Bertz CT molecular complexity index is 1090. The summed E-state index contributed by atoms with van der Waals surface area (Å²) in [7, 11) is 0. The lowest BCUT2D eigenvalue weighted by molar-refractivity contribution is -0.167. The molecule has 0 bridgehead atoms. The summed E-state index contributed by atoms with van der Waals surface area (Å²) in [5, 5.41) is 0. The number of hydrogen-bond donors (Lipinski definition) is 0. The van der Waals surface area contributed by atoms with E-state index in [-0.39, 0.29) is 31.1 Å². The first kappa shape index (κ1) is 69.4. The van der Waals surface area contributed by atoms with Gasteiger partial charge in [0.05, 0.1) is 0 Å². The predicted octanol–water partition coefficient (Wildman–Crippen LogP) is 21.6. The van der Waals surface area contributed by atoms with Crippen LogP contribution in [-0.4, -0.2) is 37.2 Å². The summed E-state index contributed by atoms with van der Waals surface area (Å²) < 4.78 is 17.0. The van der Waals surface area contributed by atoms with Crippen molar-refractivity contribution >= 4 is 17.9 Å². The fourth-order valence-electron chi connectivity index (χ4n) is 10.1. The molecule has 0 aromatic rings. The number of unbranched alkanes of at least 4 members (excludes halogenated alkanes) is 43. The molecule has 0 aliphatic carbocycles. The van der Waals surface area contributed by atoms with E-state index in [2.05, 4.69) is 34.6 Å². The molecular formula is C65H126O6. The number of hydrogen-bond acceptors (Lipinski definition) is 6. The van der Waals surface area contributed by atoms with Crippen LogP contribution in [0.3, 0.4) is 0 Å². The molecule has 0 rings (SSSR count). The fourth-order valence-corrected chi connectivity index (χ4v) is 10.1. The van der Waals surface area contributed by atoms with E-state index in [9.17, 15) is 14.4 Å². The van der Waals surface area contributed by atoms with E-state index in [0.717, 1.165) is 69.6 Å². The van der Waals surface area contributed by atoms with Crippen LogP contribution in [0.25, 0.3) is 0 Å². The number of rotatable bonds is 59. The molecule has 0 aliphatic rings. The molecule has 0 N–H and O–H groups in total. The van der Waals surface area contributed by atoms with Crippen molar-refractivity contribution in [2.24, 2.45) is 11.8 Å². The maximum atomic E-state index is 12.9. The Hall–Kier alpha value is -1.59. The average molecular weight is 1000 g/mol. The Balaban J connectivity index is 4.26. The van der Waals surface area contributed by atoms with Gasteiger partial charge in [0.15, 0.2) is 6.10 Å². The summed E-state index contributed by atoms with van der Waals surface area (Å²) in [6.07, 6.45) is 63.9. The maximum absolute atomic E-state index is 12.9. The SMILES string of the molecule is CCCCCCCCCCCCCCCCCCCCC(=O)O[C@@H](COC(=O)CCCCCCCCCCCCCCCCCCCCC(C)C)COC(=O)CCCCCCCCCCCCC(C)CC. The molecule has 6 nitrogen and oxygen atoms in total. The van der Waals surface area contributed by atoms with Gasteiger partial charge in [-0.2, -0.15) is 0 Å². The molecule has 0 saturated carbocycles. The third-order valence-corrected chi connectivity index (χ3v) is 15.3. The van der Waals surface area contributed by atoms with Gasteiger partial charge >= 0.3 is 17.9 Å². The van der Waals surface area contributed by atoms with Crippen LogP contribution in [0.1, 0.15) is 369 Å². The standard InChI is InChI=1S/C65H126O6/c1-6-8-9-10-11-12-13-14-15-16-20-24-27-30-37-42-47-52-57-65(68)71-62(59-70-64(67)56-51-46-41-36-32-31-34-39-44-49-54-61(5)7-2)58-69-63(66)55-50-45-40-35-29-26-23-21-18-17-19-22-25-28-33-38-43-48-53-60(3)4/h60-62H,6-59H2,1-5H3/t61?,62-/m0/s1. The van der Waals surface area contributed by atoms with Gasteiger partial charge in [-0.15, -0.1) is 0 Å². The van der Waals surface area contributed by atoms with Crippen LogP contribution < -0.4 is 0 Å². The average Bonchev–Trinajstić information content (AvgIpc) is 3.36. The molecule has 0 fully saturated rings. The molecular weight excluding hydrogens is 877 g/mol. The highest BCUT2D eigenvalue weighted by molar-refractivity contribution is 5.71. The largest absolute Gasteiger partial charge is 0.462 e. The van der Waals surface area contributed by atoms with E-state index < -0.39 is 6.10 Å². The van der Waals surface area contributed by atoms with Gasteiger partial charge in [-0.25, -0.2) is 0 Å². The Morgan fingerprint density at radius 3 is 0.803 bits per heavy atom. The zero-order valence-corrected chi connectivity index (χ0v) is 48.9. The molecule has 6 heteroatoms. The van der Waals surface area contributed by atoms with Gasteiger partial charge in [-0.05, 0) is 31.1 Å². The molecule has 0 aromatic carbocycles. The third kappa shape index (κ3) is 57.5. The summed E-state index contributed by atoms with van der Waals surface area (Å²) in [5.41, 5.74) is 0. The van der Waals surface area contributed by atoms with Gasteiger partial charge in [0.1, 0.15) is 13.2 Å². The fraction of sp³-hybridized carbons (Fsp3) is 0.954. The molecule has 0 spiro atoms. The highest BCUT2D eigenvalue weighted by Gasteiger charge is 2.19. The first-order valence-corrected chi connectivity index (χ1v) is 32.3. The first-order chi connectivity index (χ1) is 34.8. The van der Waals surface area contributed by atoms with Crippen molar-refractivity contribution < 1.29 is 28.6 Å². The van der Waals surface area contributed by atoms with Crippen molar-refractivity contribution in [3.63, 3.8) is 0 Å². The van der Waals surface area contributed by atoms with Crippen LogP contribution in [0.4, 0.5) is 0 Å². The summed E-state index contributed by atoms with van der Waals surface area (Å²) in [6, 6.07) is 0. The highest BCUT2D eigenvalue weighted by Crippen LogP contribution is 2.19. The monoisotopic (exact) mass is 1000 g/mol. The van der Waals surface area contributed by atoms with Gasteiger partial charge in [0.2, 0.25) is 0 Å². The minimum atomic E-state index is -0.764. The minimum Gasteiger partial charge on any atom is -0.462 e. The normalized spacial score (nSPS) is 12.4. The Labute approximate surface area is 444 Å². The second-order valence-corrected chi connectivity index (χ2v) is 23.1. The zero-order valence-electron chi connectivity index (χ0n) is 48.9. The Morgan fingerprint density at radius 2 is 0.535 bits per heavy atom. The van der Waals surface area contributed by atoms with Gasteiger partial charge in [0.25, 0.3) is 0 Å². The van der Waals surface area contributed by atoms with E-state index in [1.165, 1.54) is 257 Å². The van der Waals surface area contributed by atoms with Gasteiger partial charge in [0, 0.05) is 19.3 Å². The number of carbonyl (C=O) groups is 3. The molecule has 0 amide bonds. The Morgan fingerprint density at radius 1 is 0.296 bits per heavy atom. The van der Waals surface area contributed by atoms with Crippen LogP contribution in [0.2, 0.25) is 0 Å². The molecule has 0 aliphatic heterocycles. The highest BCUT2D eigenvalue weighted by atomic mass is 16.6. The topological polar surface area (TPSA) is 78.9 Å². The molecule has 71 heavy (non-hydrogen) atoms. The van der Waals surface area contributed by atoms with Crippen molar-refractivity contribution in [2.75, 3.05) is 13.2 Å². The van der Waals surface area contributed by atoms with E-state index in [4.69, 9.17) is 14.2 Å². The molecule has 0 aromatic heterocycles. The van der Waals surface area contributed by atoms with Crippen molar-refractivity contribution in [2.45, 2.75) is 375 Å². The van der Waals surface area contributed by atoms with Crippen molar-refractivity contribution in [3.8, 4) is 0 Å². The lowest BCUT2D eigenvalue weighted by Gasteiger charge is -2.18. The molecule has 2 atom stereocenters.